The maximum absolute atomic E-state index is 3.88. The monoisotopic (exact) mass is 171 g/mol. The van der Waals surface area contributed by atoms with Crippen molar-refractivity contribution in [2.45, 2.75) is 20.8 Å². The summed E-state index contributed by atoms with van der Waals surface area (Å²) < 4.78 is 3.75. The van der Waals surface area contributed by atoms with E-state index in [4.69, 9.17) is 0 Å². The highest BCUT2D eigenvalue weighted by Gasteiger charge is 2.09. The lowest BCUT2D eigenvalue weighted by atomic mass is 9.97. The first-order valence-electron chi connectivity index (χ1n) is 3.59. The average Bonchev–Trinajstić information content (AvgIpc) is 2.32. The van der Waals surface area contributed by atoms with Crippen LogP contribution in [0.15, 0.2) is 5.38 Å². The van der Waals surface area contributed by atoms with Crippen LogP contribution < -0.4 is 5.32 Å². The van der Waals surface area contributed by atoms with Gasteiger partial charge in [0.2, 0.25) is 0 Å². The normalized spacial score (nSPS) is 11.5. The lowest BCUT2D eigenvalue weighted by Crippen LogP contribution is -2.19. The Balaban J connectivity index is 2.35. The van der Waals surface area contributed by atoms with Crippen LogP contribution in [0, 0.1) is 5.41 Å². The lowest BCUT2D eigenvalue weighted by Gasteiger charge is -2.17. The molecule has 1 aromatic heterocycles. The van der Waals surface area contributed by atoms with E-state index in [-0.39, 0.29) is 0 Å². The molecule has 0 atom stereocenters. The van der Waals surface area contributed by atoms with Gasteiger partial charge in [0.1, 0.15) is 0 Å². The van der Waals surface area contributed by atoms with Crippen LogP contribution in [0.3, 0.4) is 0 Å². The number of nitrogens with one attached hydrogen (secondary N) is 1. The summed E-state index contributed by atoms with van der Waals surface area (Å²) in [5.74, 6) is 0.880. The van der Waals surface area contributed by atoms with Crippen LogP contribution in [0.4, 0.5) is 5.82 Å². The lowest BCUT2D eigenvalue weighted by molar-refractivity contribution is 0.442. The van der Waals surface area contributed by atoms with Crippen molar-refractivity contribution in [3.63, 3.8) is 0 Å². The third-order valence-electron chi connectivity index (χ3n) is 1.16. The van der Waals surface area contributed by atoms with E-state index in [0.717, 1.165) is 12.4 Å². The number of aromatic nitrogens is 2. The van der Waals surface area contributed by atoms with E-state index in [2.05, 4.69) is 35.7 Å². The Morgan fingerprint density at radius 3 is 2.73 bits per heavy atom. The molecule has 0 radical (unpaired) electrons. The van der Waals surface area contributed by atoms with E-state index in [1.54, 1.807) is 0 Å². The van der Waals surface area contributed by atoms with Gasteiger partial charge in [0, 0.05) is 6.54 Å². The van der Waals surface area contributed by atoms with Crippen LogP contribution in [0.25, 0.3) is 0 Å². The third-order valence-corrected chi connectivity index (χ3v) is 1.66. The number of rotatable bonds is 2. The highest BCUT2D eigenvalue weighted by atomic mass is 32.1. The van der Waals surface area contributed by atoms with Crippen LogP contribution in [-0.4, -0.2) is 16.1 Å². The van der Waals surface area contributed by atoms with Crippen molar-refractivity contribution in [3.05, 3.63) is 5.38 Å². The average molecular weight is 171 g/mol. The van der Waals surface area contributed by atoms with Crippen molar-refractivity contribution in [2.24, 2.45) is 5.41 Å². The topological polar surface area (TPSA) is 37.8 Å². The first-order chi connectivity index (χ1) is 5.08. The van der Waals surface area contributed by atoms with Crippen LogP contribution in [0.2, 0.25) is 0 Å². The first kappa shape index (κ1) is 8.46. The molecule has 1 aromatic rings. The Morgan fingerprint density at radius 2 is 2.27 bits per heavy atom. The SMILES string of the molecule is CC(C)(C)CNc1csnn1. The van der Waals surface area contributed by atoms with Gasteiger partial charge in [-0.2, -0.15) is 0 Å². The first-order valence-corrected chi connectivity index (χ1v) is 4.42. The van der Waals surface area contributed by atoms with E-state index in [9.17, 15) is 0 Å². The summed E-state index contributed by atoms with van der Waals surface area (Å²) in [7, 11) is 0. The van der Waals surface area contributed by atoms with Crippen LogP contribution in [0.5, 0.6) is 0 Å². The predicted molar refractivity (Wildman–Crippen MR) is 47.9 cm³/mol. The number of nitrogens with zero attached hydrogens (tertiary/aromatic N) is 2. The number of hydrogen-bond donors (Lipinski definition) is 1. The second kappa shape index (κ2) is 3.17. The second-order valence-electron chi connectivity index (χ2n) is 3.70. The molecule has 1 rings (SSSR count). The molecule has 0 fully saturated rings. The molecule has 1 heterocycles. The van der Waals surface area contributed by atoms with E-state index >= 15 is 0 Å². The maximum Gasteiger partial charge on any atom is 0.161 e. The molecule has 62 valence electrons. The van der Waals surface area contributed by atoms with Gasteiger partial charge >= 0.3 is 0 Å². The molecule has 4 heteroatoms. The molecule has 0 aromatic carbocycles. The quantitative estimate of drug-likeness (QED) is 0.739. The van der Waals surface area contributed by atoms with E-state index in [1.165, 1.54) is 11.5 Å². The molecule has 0 aliphatic heterocycles. The highest BCUT2D eigenvalue weighted by Crippen LogP contribution is 2.14. The minimum Gasteiger partial charge on any atom is -0.367 e. The predicted octanol–water partition coefficient (Wildman–Crippen LogP) is 2.00. The summed E-state index contributed by atoms with van der Waals surface area (Å²) in [5.41, 5.74) is 0.295. The number of anilines is 1. The fraction of sp³-hybridized carbons (Fsp3) is 0.714. The summed E-state index contributed by atoms with van der Waals surface area (Å²) in [6.45, 7) is 7.47. The van der Waals surface area contributed by atoms with Crippen molar-refractivity contribution in [1.82, 2.24) is 9.59 Å². The smallest absolute Gasteiger partial charge is 0.161 e. The Kier molecular flexibility index (Phi) is 2.44. The summed E-state index contributed by atoms with van der Waals surface area (Å²) in [4.78, 5) is 0. The standard InChI is InChI=1S/C7H13N3S/c1-7(2,3)5-8-6-4-11-10-9-6/h4,8H,5H2,1-3H3. The van der Waals surface area contributed by atoms with Crippen molar-refractivity contribution in [1.29, 1.82) is 0 Å². The van der Waals surface area contributed by atoms with Gasteiger partial charge in [-0.1, -0.05) is 25.3 Å². The second-order valence-corrected chi connectivity index (χ2v) is 4.31. The van der Waals surface area contributed by atoms with Crippen molar-refractivity contribution in [3.8, 4) is 0 Å². The van der Waals surface area contributed by atoms with Crippen LogP contribution in [-0.2, 0) is 0 Å². The van der Waals surface area contributed by atoms with Crippen molar-refractivity contribution in [2.75, 3.05) is 11.9 Å². The Hall–Kier alpha value is -0.640. The zero-order valence-corrected chi connectivity index (χ0v) is 7.90. The zero-order valence-electron chi connectivity index (χ0n) is 7.09. The molecule has 0 amide bonds. The number of hydrogen-bond acceptors (Lipinski definition) is 4. The maximum atomic E-state index is 3.88. The van der Waals surface area contributed by atoms with Gasteiger partial charge < -0.3 is 5.32 Å². The molecular formula is C7H13N3S. The molecule has 0 spiro atoms. The molecule has 1 N–H and O–H groups in total. The Bertz CT molecular complexity index is 200. The summed E-state index contributed by atoms with van der Waals surface area (Å²) in [5, 5.41) is 8.99. The highest BCUT2D eigenvalue weighted by molar-refractivity contribution is 7.03. The minimum atomic E-state index is 0.295. The van der Waals surface area contributed by atoms with Gasteiger partial charge in [-0.05, 0) is 16.9 Å². The Labute approximate surface area is 71.0 Å². The molecule has 0 bridgehead atoms. The molecule has 0 aliphatic carbocycles. The summed E-state index contributed by atoms with van der Waals surface area (Å²) >= 11 is 1.37. The molecule has 0 aliphatic rings. The molecule has 0 saturated carbocycles. The van der Waals surface area contributed by atoms with E-state index in [1.807, 2.05) is 5.38 Å². The van der Waals surface area contributed by atoms with Crippen LogP contribution in [0.1, 0.15) is 20.8 Å². The van der Waals surface area contributed by atoms with Crippen molar-refractivity contribution >= 4 is 17.4 Å². The summed E-state index contributed by atoms with van der Waals surface area (Å²) in [6.07, 6.45) is 0. The molecule has 3 nitrogen and oxygen atoms in total. The largest absolute Gasteiger partial charge is 0.367 e. The molecule has 0 saturated heterocycles. The van der Waals surface area contributed by atoms with Gasteiger partial charge in [-0.3, -0.25) is 0 Å². The van der Waals surface area contributed by atoms with Gasteiger partial charge in [-0.15, -0.1) is 5.10 Å². The van der Waals surface area contributed by atoms with E-state index in [0.29, 0.717) is 5.41 Å². The minimum absolute atomic E-state index is 0.295. The third kappa shape index (κ3) is 3.32. The zero-order chi connectivity index (χ0) is 8.32. The van der Waals surface area contributed by atoms with Crippen molar-refractivity contribution < 1.29 is 0 Å². The van der Waals surface area contributed by atoms with Gasteiger partial charge in [0.05, 0.1) is 5.38 Å². The van der Waals surface area contributed by atoms with E-state index < -0.39 is 0 Å². The van der Waals surface area contributed by atoms with Crippen LogP contribution >= 0.6 is 11.5 Å². The molecular weight excluding hydrogens is 158 g/mol. The molecule has 0 unspecified atom stereocenters. The van der Waals surface area contributed by atoms with Gasteiger partial charge in [0.15, 0.2) is 5.82 Å². The Morgan fingerprint density at radius 1 is 1.55 bits per heavy atom. The summed E-state index contributed by atoms with van der Waals surface area (Å²) in [6, 6.07) is 0. The molecule has 11 heavy (non-hydrogen) atoms. The van der Waals surface area contributed by atoms with Gasteiger partial charge in [0.25, 0.3) is 0 Å². The van der Waals surface area contributed by atoms with Gasteiger partial charge in [-0.25, -0.2) is 0 Å². The fourth-order valence-electron chi connectivity index (χ4n) is 0.597. The fourth-order valence-corrected chi connectivity index (χ4v) is 1.01.